The number of anilines is 1. The molecule has 0 spiro atoms. The molecular formula is C16H18N2O2. The van der Waals surface area contributed by atoms with E-state index in [1.807, 2.05) is 30.3 Å². The Hall–Kier alpha value is -2.33. The molecule has 0 aromatic heterocycles. The number of carbonyl (C=O) groups is 1. The van der Waals surface area contributed by atoms with E-state index < -0.39 is 0 Å². The number of phenols is 1. The average molecular weight is 270 g/mol. The number of carbonyl (C=O) groups excluding carboxylic acids is 1. The Bertz CT molecular complexity index is 567. The third kappa shape index (κ3) is 2.97. The fraction of sp³-hybridized carbons (Fsp3) is 0.188. The van der Waals surface area contributed by atoms with Crippen LogP contribution < -0.4 is 10.6 Å². The van der Waals surface area contributed by atoms with Gasteiger partial charge in [0, 0.05) is 19.3 Å². The maximum absolute atomic E-state index is 12.5. The highest BCUT2D eigenvalue weighted by molar-refractivity contribution is 5.97. The van der Waals surface area contributed by atoms with Gasteiger partial charge in [-0.25, -0.2) is 0 Å². The fourth-order valence-electron chi connectivity index (χ4n) is 2.10. The van der Waals surface area contributed by atoms with E-state index in [9.17, 15) is 9.90 Å². The van der Waals surface area contributed by atoms with Crippen LogP contribution in [0.2, 0.25) is 0 Å². The topological polar surface area (TPSA) is 66.6 Å². The Kier molecular flexibility index (Phi) is 4.38. The predicted octanol–water partition coefficient (Wildman–Crippen LogP) is 2.10. The van der Waals surface area contributed by atoms with Gasteiger partial charge in [0.1, 0.15) is 5.75 Å². The van der Waals surface area contributed by atoms with Crippen LogP contribution in [0.1, 0.15) is 11.5 Å². The van der Waals surface area contributed by atoms with Gasteiger partial charge in [0.15, 0.2) is 0 Å². The molecule has 0 radical (unpaired) electrons. The van der Waals surface area contributed by atoms with Crippen molar-refractivity contribution in [1.29, 1.82) is 0 Å². The van der Waals surface area contributed by atoms with Crippen molar-refractivity contribution in [3.63, 3.8) is 0 Å². The summed E-state index contributed by atoms with van der Waals surface area (Å²) in [5.41, 5.74) is 7.39. The first-order valence-electron chi connectivity index (χ1n) is 6.45. The van der Waals surface area contributed by atoms with E-state index >= 15 is 0 Å². The van der Waals surface area contributed by atoms with Gasteiger partial charge in [-0.15, -0.1) is 0 Å². The van der Waals surface area contributed by atoms with Crippen LogP contribution in [0.5, 0.6) is 5.75 Å². The Morgan fingerprint density at radius 2 is 1.75 bits per heavy atom. The molecule has 0 aliphatic heterocycles. The number of hydrogen-bond acceptors (Lipinski definition) is 3. The molecule has 0 heterocycles. The summed E-state index contributed by atoms with van der Waals surface area (Å²) in [6, 6.07) is 16.0. The van der Waals surface area contributed by atoms with Crippen molar-refractivity contribution in [3.8, 4) is 5.75 Å². The quantitative estimate of drug-likeness (QED) is 0.894. The largest absolute Gasteiger partial charge is 0.508 e. The van der Waals surface area contributed by atoms with Crippen LogP contribution in [0, 0.1) is 0 Å². The molecule has 0 saturated carbocycles. The molecule has 0 saturated heterocycles. The van der Waals surface area contributed by atoms with Crippen molar-refractivity contribution in [1.82, 2.24) is 0 Å². The zero-order valence-corrected chi connectivity index (χ0v) is 11.4. The minimum absolute atomic E-state index is 0.0654. The monoisotopic (exact) mass is 270 g/mol. The number of benzene rings is 2. The summed E-state index contributed by atoms with van der Waals surface area (Å²) < 4.78 is 0. The van der Waals surface area contributed by atoms with E-state index in [2.05, 4.69) is 0 Å². The summed E-state index contributed by atoms with van der Waals surface area (Å²) in [4.78, 5) is 14.1. The van der Waals surface area contributed by atoms with Gasteiger partial charge in [-0.05, 0) is 29.8 Å². The number of aromatic hydroxyl groups is 1. The number of phenolic OH excluding ortho intramolecular Hbond substituents is 1. The molecule has 0 aliphatic rings. The van der Waals surface area contributed by atoms with Crippen molar-refractivity contribution in [3.05, 3.63) is 60.2 Å². The molecule has 0 bridgehead atoms. The lowest BCUT2D eigenvalue weighted by molar-refractivity contribution is -0.119. The maximum Gasteiger partial charge on any atom is 0.235 e. The van der Waals surface area contributed by atoms with Crippen molar-refractivity contribution < 1.29 is 9.90 Å². The zero-order chi connectivity index (χ0) is 14.5. The van der Waals surface area contributed by atoms with Gasteiger partial charge in [-0.1, -0.05) is 30.3 Å². The number of likely N-dealkylation sites (N-methyl/N-ethyl adjacent to an activating group) is 1. The highest BCUT2D eigenvalue weighted by Crippen LogP contribution is 2.22. The maximum atomic E-state index is 12.5. The second-order valence-corrected chi connectivity index (χ2v) is 4.61. The standard InChI is InChI=1S/C16H18N2O2/c1-18(13-7-9-14(19)10-8-13)16(20)15(11-17)12-5-3-2-4-6-12/h2-10,15,19H,11,17H2,1H3. The number of nitrogens with two attached hydrogens (primary N) is 1. The van der Waals surface area contributed by atoms with Crippen LogP contribution in [-0.2, 0) is 4.79 Å². The molecule has 104 valence electrons. The molecule has 3 N–H and O–H groups in total. The van der Waals surface area contributed by atoms with Crippen molar-refractivity contribution in [2.75, 3.05) is 18.5 Å². The van der Waals surface area contributed by atoms with E-state index in [1.54, 1.807) is 36.2 Å². The molecule has 1 amide bonds. The van der Waals surface area contributed by atoms with E-state index in [1.165, 1.54) is 0 Å². The summed E-state index contributed by atoms with van der Waals surface area (Å²) >= 11 is 0. The molecule has 0 aliphatic carbocycles. The molecular weight excluding hydrogens is 252 g/mol. The first-order valence-corrected chi connectivity index (χ1v) is 6.45. The lowest BCUT2D eigenvalue weighted by atomic mass is 9.97. The van der Waals surface area contributed by atoms with Crippen LogP contribution in [-0.4, -0.2) is 24.6 Å². The lowest BCUT2D eigenvalue weighted by Gasteiger charge is -2.23. The predicted molar refractivity (Wildman–Crippen MR) is 79.8 cm³/mol. The zero-order valence-electron chi connectivity index (χ0n) is 11.4. The van der Waals surface area contributed by atoms with Gasteiger partial charge >= 0.3 is 0 Å². The van der Waals surface area contributed by atoms with Gasteiger partial charge < -0.3 is 15.7 Å². The van der Waals surface area contributed by atoms with Gasteiger partial charge in [-0.2, -0.15) is 0 Å². The summed E-state index contributed by atoms with van der Waals surface area (Å²) in [5.74, 6) is -0.257. The van der Waals surface area contributed by atoms with Crippen LogP contribution in [0.3, 0.4) is 0 Å². The molecule has 0 fully saturated rings. The smallest absolute Gasteiger partial charge is 0.235 e. The van der Waals surface area contributed by atoms with Crippen LogP contribution in [0.25, 0.3) is 0 Å². The van der Waals surface area contributed by atoms with Gasteiger partial charge in [-0.3, -0.25) is 4.79 Å². The highest BCUT2D eigenvalue weighted by Gasteiger charge is 2.23. The third-order valence-corrected chi connectivity index (χ3v) is 3.30. The number of hydrogen-bond donors (Lipinski definition) is 2. The Morgan fingerprint density at radius 3 is 2.30 bits per heavy atom. The molecule has 1 atom stereocenters. The highest BCUT2D eigenvalue weighted by atomic mass is 16.3. The van der Waals surface area contributed by atoms with Crippen molar-refractivity contribution in [2.45, 2.75) is 5.92 Å². The SMILES string of the molecule is CN(C(=O)C(CN)c1ccccc1)c1ccc(O)cc1. The first kappa shape index (κ1) is 14.1. The van der Waals surface area contributed by atoms with Crippen molar-refractivity contribution in [2.24, 2.45) is 5.73 Å². The minimum atomic E-state index is -0.366. The number of nitrogens with zero attached hydrogens (tertiary/aromatic N) is 1. The van der Waals surface area contributed by atoms with E-state index in [4.69, 9.17) is 5.73 Å². The van der Waals surface area contributed by atoms with E-state index in [0.717, 1.165) is 11.3 Å². The molecule has 20 heavy (non-hydrogen) atoms. The molecule has 4 nitrogen and oxygen atoms in total. The molecule has 2 rings (SSSR count). The molecule has 1 unspecified atom stereocenters. The van der Waals surface area contributed by atoms with Crippen LogP contribution in [0.4, 0.5) is 5.69 Å². The lowest BCUT2D eigenvalue weighted by Crippen LogP contribution is -2.35. The summed E-state index contributed by atoms with van der Waals surface area (Å²) in [5, 5.41) is 9.29. The van der Waals surface area contributed by atoms with Crippen LogP contribution >= 0.6 is 0 Å². The molecule has 4 heteroatoms. The minimum Gasteiger partial charge on any atom is -0.508 e. The summed E-state index contributed by atoms with van der Waals surface area (Å²) in [6.07, 6.45) is 0. The fourth-order valence-corrected chi connectivity index (χ4v) is 2.10. The second kappa shape index (κ2) is 6.21. The van der Waals surface area contributed by atoms with E-state index in [0.29, 0.717) is 0 Å². The number of rotatable bonds is 4. The normalized spacial score (nSPS) is 11.9. The average Bonchev–Trinajstić information content (AvgIpc) is 2.49. The van der Waals surface area contributed by atoms with Gasteiger partial charge in [0.05, 0.1) is 5.92 Å². The Balaban J connectivity index is 2.22. The summed E-state index contributed by atoms with van der Waals surface area (Å²) in [7, 11) is 1.71. The Morgan fingerprint density at radius 1 is 1.15 bits per heavy atom. The molecule has 2 aromatic carbocycles. The Labute approximate surface area is 118 Å². The third-order valence-electron chi connectivity index (χ3n) is 3.30. The summed E-state index contributed by atoms with van der Waals surface area (Å²) in [6.45, 7) is 0.255. The second-order valence-electron chi connectivity index (χ2n) is 4.61. The molecule has 2 aromatic rings. The van der Waals surface area contributed by atoms with Gasteiger partial charge in [0.25, 0.3) is 0 Å². The van der Waals surface area contributed by atoms with E-state index in [-0.39, 0.29) is 24.1 Å². The van der Waals surface area contributed by atoms with Crippen LogP contribution in [0.15, 0.2) is 54.6 Å². The van der Waals surface area contributed by atoms with Crippen molar-refractivity contribution >= 4 is 11.6 Å². The van der Waals surface area contributed by atoms with Gasteiger partial charge in [0.2, 0.25) is 5.91 Å². The first-order chi connectivity index (χ1) is 9.63. The number of amides is 1.